The topological polar surface area (TPSA) is 18.5 Å². The lowest BCUT2D eigenvalue weighted by Gasteiger charge is -2.51. The van der Waals surface area contributed by atoms with Crippen molar-refractivity contribution >= 4 is 15.9 Å². The Bertz CT molecular complexity index is 440. The maximum absolute atomic E-state index is 6.26. The zero-order chi connectivity index (χ0) is 13.3. The Morgan fingerprint density at radius 1 is 1.32 bits per heavy atom. The molecule has 104 valence electrons. The average molecular weight is 325 g/mol. The van der Waals surface area contributed by atoms with Crippen molar-refractivity contribution in [3.8, 4) is 5.75 Å². The lowest BCUT2D eigenvalue weighted by molar-refractivity contribution is -0.0304. The van der Waals surface area contributed by atoms with E-state index in [4.69, 9.17) is 9.47 Å². The summed E-state index contributed by atoms with van der Waals surface area (Å²) in [6.45, 7) is 0.647. The van der Waals surface area contributed by atoms with Crippen LogP contribution >= 0.6 is 15.9 Å². The number of hydrogen-bond donors (Lipinski definition) is 0. The van der Waals surface area contributed by atoms with Gasteiger partial charge in [-0.2, -0.15) is 0 Å². The largest absolute Gasteiger partial charge is 0.490 e. The molecule has 2 atom stereocenters. The number of rotatable bonds is 4. The summed E-state index contributed by atoms with van der Waals surface area (Å²) in [5.41, 5.74) is 1.58. The van der Waals surface area contributed by atoms with E-state index in [-0.39, 0.29) is 0 Å². The molecular weight excluding hydrogens is 304 g/mol. The second-order valence-electron chi connectivity index (χ2n) is 5.83. The van der Waals surface area contributed by atoms with Crippen molar-refractivity contribution in [3.05, 3.63) is 29.8 Å². The minimum atomic E-state index is 0.386. The van der Waals surface area contributed by atoms with Crippen molar-refractivity contribution in [2.45, 2.75) is 49.6 Å². The molecule has 0 N–H and O–H groups in total. The first-order valence-corrected chi connectivity index (χ1v) is 8.05. The van der Waals surface area contributed by atoms with Crippen molar-refractivity contribution < 1.29 is 9.47 Å². The van der Waals surface area contributed by atoms with E-state index in [1.807, 2.05) is 0 Å². The highest BCUT2D eigenvalue weighted by atomic mass is 79.9. The Morgan fingerprint density at radius 2 is 2.11 bits per heavy atom. The van der Waals surface area contributed by atoms with Crippen LogP contribution in [0.3, 0.4) is 0 Å². The summed E-state index contributed by atoms with van der Waals surface area (Å²) in [6, 6.07) is 8.29. The smallest absolute Gasteiger partial charge is 0.120 e. The third kappa shape index (κ3) is 2.43. The molecule has 2 saturated carbocycles. The zero-order valence-electron chi connectivity index (χ0n) is 11.4. The SMILES string of the molecule is COCc1cccc(OC2CC(Br)C23CCCC3)c1. The van der Waals surface area contributed by atoms with Crippen LogP contribution in [0, 0.1) is 5.41 Å². The van der Waals surface area contributed by atoms with Gasteiger partial charge in [-0.15, -0.1) is 0 Å². The van der Waals surface area contributed by atoms with Gasteiger partial charge in [0, 0.05) is 17.4 Å². The maximum Gasteiger partial charge on any atom is 0.120 e. The van der Waals surface area contributed by atoms with Gasteiger partial charge >= 0.3 is 0 Å². The molecule has 1 aromatic carbocycles. The molecule has 3 rings (SSSR count). The zero-order valence-corrected chi connectivity index (χ0v) is 13.0. The van der Waals surface area contributed by atoms with E-state index in [1.54, 1.807) is 7.11 Å². The van der Waals surface area contributed by atoms with E-state index >= 15 is 0 Å². The van der Waals surface area contributed by atoms with E-state index in [1.165, 1.54) is 31.2 Å². The van der Waals surface area contributed by atoms with Crippen LogP contribution < -0.4 is 4.74 Å². The number of halogens is 1. The minimum absolute atomic E-state index is 0.386. The number of methoxy groups -OCH3 is 1. The van der Waals surface area contributed by atoms with Crippen molar-refractivity contribution in [3.63, 3.8) is 0 Å². The number of ether oxygens (including phenoxy) is 2. The van der Waals surface area contributed by atoms with Gasteiger partial charge in [-0.1, -0.05) is 40.9 Å². The first kappa shape index (κ1) is 13.4. The van der Waals surface area contributed by atoms with E-state index in [2.05, 4.69) is 40.2 Å². The summed E-state index contributed by atoms with van der Waals surface area (Å²) in [7, 11) is 1.72. The van der Waals surface area contributed by atoms with Crippen LogP contribution in [0.15, 0.2) is 24.3 Å². The molecule has 0 saturated heterocycles. The molecule has 1 spiro atoms. The predicted molar refractivity (Wildman–Crippen MR) is 79.8 cm³/mol. The molecule has 1 aromatic rings. The Morgan fingerprint density at radius 3 is 2.79 bits per heavy atom. The minimum Gasteiger partial charge on any atom is -0.490 e. The first-order chi connectivity index (χ1) is 9.24. The fourth-order valence-corrected chi connectivity index (χ4v) is 4.66. The van der Waals surface area contributed by atoms with Gasteiger partial charge in [0.05, 0.1) is 6.61 Å². The second-order valence-corrected chi connectivity index (χ2v) is 6.94. The van der Waals surface area contributed by atoms with Gasteiger partial charge in [0.1, 0.15) is 11.9 Å². The van der Waals surface area contributed by atoms with Crippen molar-refractivity contribution in [1.29, 1.82) is 0 Å². The summed E-state index contributed by atoms with van der Waals surface area (Å²) in [5.74, 6) is 0.991. The van der Waals surface area contributed by atoms with E-state index in [9.17, 15) is 0 Å². The van der Waals surface area contributed by atoms with Crippen molar-refractivity contribution in [2.75, 3.05) is 7.11 Å². The Kier molecular flexibility index (Phi) is 3.86. The molecule has 0 aromatic heterocycles. The summed E-state index contributed by atoms with van der Waals surface area (Å²) in [4.78, 5) is 0.648. The summed E-state index contributed by atoms with van der Waals surface area (Å²) in [6.07, 6.45) is 6.85. The van der Waals surface area contributed by atoms with Gasteiger partial charge in [0.25, 0.3) is 0 Å². The molecule has 2 nitrogen and oxygen atoms in total. The monoisotopic (exact) mass is 324 g/mol. The first-order valence-electron chi connectivity index (χ1n) is 7.13. The standard InChI is InChI=1S/C16H21BrO2/c1-18-11-12-5-4-6-13(9-12)19-15-10-14(17)16(15)7-2-3-8-16/h4-6,9,14-15H,2-3,7-8,10-11H2,1H3. The molecule has 19 heavy (non-hydrogen) atoms. The Hall–Kier alpha value is -0.540. The molecule has 0 heterocycles. The van der Waals surface area contributed by atoms with Crippen LogP contribution in [0.2, 0.25) is 0 Å². The van der Waals surface area contributed by atoms with Crippen LogP contribution in [0.4, 0.5) is 0 Å². The highest BCUT2D eigenvalue weighted by molar-refractivity contribution is 9.09. The highest BCUT2D eigenvalue weighted by Gasteiger charge is 2.56. The summed E-state index contributed by atoms with van der Waals surface area (Å²) in [5, 5.41) is 0. The van der Waals surface area contributed by atoms with E-state index in [0.29, 0.717) is 23.0 Å². The summed E-state index contributed by atoms with van der Waals surface area (Å²) < 4.78 is 11.4. The van der Waals surface area contributed by atoms with Crippen LogP contribution in [0.5, 0.6) is 5.75 Å². The number of hydrogen-bond acceptors (Lipinski definition) is 2. The molecule has 0 amide bonds. The Labute approximate surface area is 123 Å². The maximum atomic E-state index is 6.26. The van der Waals surface area contributed by atoms with Gasteiger partial charge in [-0.05, 0) is 37.0 Å². The number of alkyl halides is 1. The molecule has 2 aliphatic rings. The average Bonchev–Trinajstić information content (AvgIpc) is 2.92. The molecule has 2 unspecified atom stereocenters. The highest BCUT2D eigenvalue weighted by Crippen LogP contribution is 2.57. The van der Waals surface area contributed by atoms with Crippen LogP contribution in [0.1, 0.15) is 37.7 Å². The van der Waals surface area contributed by atoms with Crippen LogP contribution in [-0.2, 0) is 11.3 Å². The predicted octanol–water partition coefficient (Wildman–Crippen LogP) is 4.31. The second kappa shape index (κ2) is 5.45. The lowest BCUT2D eigenvalue weighted by Crippen LogP contribution is -2.55. The third-order valence-electron chi connectivity index (χ3n) is 4.71. The quantitative estimate of drug-likeness (QED) is 0.768. The van der Waals surface area contributed by atoms with Gasteiger partial charge < -0.3 is 9.47 Å². The molecule has 2 aliphatic carbocycles. The van der Waals surface area contributed by atoms with Gasteiger partial charge in [-0.3, -0.25) is 0 Å². The Balaban J connectivity index is 1.70. The molecule has 0 aliphatic heterocycles. The van der Waals surface area contributed by atoms with Gasteiger partial charge in [0.15, 0.2) is 0 Å². The molecule has 3 heteroatoms. The number of benzene rings is 1. The lowest BCUT2D eigenvalue weighted by atomic mass is 9.64. The van der Waals surface area contributed by atoms with Crippen molar-refractivity contribution in [2.24, 2.45) is 5.41 Å². The fourth-order valence-electron chi connectivity index (χ4n) is 3.57. The van der Waals surface area contributed by atoms with Crippen LogP contribution in [0.25, 0.3) is 0 Å². The molecule has 0 bridgehead atoms. The van der Waals surface area contributed by atoms with Crippen molar-refractivity contribution in [1.82, 2.24) is 0 Å². The van der Waals surface area contributed by atoms with E-state index in [0.717, 1.165) is 12.2 Å². The molecular formula is C16H21BrO2. The fraction of sp³-hybridized carbons (Fsp3) is 0.625. The van der Waals surface area contributed by atoms with E-state index < -0.39 is 0 Å². The molecule has 2 fully saturated rings. The van der Waals surface area contributed by atoms with Crippen LogP contribution in [-0.4, -0.2) is 18.0 Å². The molecule has 0 radical (unpaired) electrons. The third-order valence-corrected chi connectivity index (χ3v) is 5.99. The van der Waals surface area contributed by atoms with Gasteiger partial charge in [0.2, 0.25) is 0 Å². The van der Waals surface area contributed by atoms with Gasteiger partial charge in [-0.25, -0.2) is 0 Å². The summed E-state index contributed by atoms with van der Waals surface area (Å²) >= 11 is 3.84. The normalized spacial score (nSPS) is 28.3.